The molecule has 0 N–H and O–H groups in total. The first kappa shape index (κ1) is 11.5. The predicted octanol–water partition coefficient (Wildman–Crippen LogP) is 2.75. The highest BCUT2D eigenvalue weighted by atomic mass is 32.1. The van der Waals surface area contributed by atoms with E-state index in [4.69, 9.17) is 0 Å². The summed E-state index contributed by atoms with van der Waals surface area (Å²) in [5.74, 6) is 0. The highest BCUT2D eigenvalue weighted by Gasteiger charge is 2.17. The van der Waals surface area contributed by atoms with Crippen LogP contribution >= 0.6 is 12.2 Å². The molecular weight excluding hydrogens is 216 g/mol. The fourth-order valence-corrected chi connectivity index (χ4v) is 2.27. The maximum atomic E-state index is 4.64. The van der Waals surface area contributed by atoms with Crippen LogP contribution in [0.2, 0.25) is 0 Å². The summed E-state index contributed by atoms with van der Waals surface area (Å²) in [6.07, 6.45) is 2.22. The summed E-state index contributed by atoms with van der Waals surface area (Å²) in [7, 11) is 0. The van der Waals surface area contributed by atoms with E-state index in [0.717, 1.165) is 32.5 Å². The Kier molecular flexibility index (Phi) is 4.23. The first-order chi connectivity index (χ1) is 7.88. The molecule has 0 radical (unpaired) electrons. The zero-order chi connectivity index (χ0) is 11.2. The Hall–Kier alpha value is -1.02. The van der Waals surface area contributed by atoms with E-state index in [1.54, 1.807) is 0 Å². The summed E-state index contributed by atoms with van der Waals surface area (Å²) in [6, 6.07) is 11.0. The molecule has 1 heterocycles. The molecule has 0 bridgehead atoms. The first-order valence-corrected chi connectivity index (χ1v) is 6.12. The number of likely N-dealkylation sites (tertiary alicyclic amines) is 1. The number of thiocarbonyl (C=S) groups is 1. The third-order valence-electron chi connectivity index (χ3n) is 3.04. The van der Waals surface area contributed by atoms with Crippen molar-refractivity contribution in [2.45, 2.75) is 25.4 Å². The van der Waals surface area contributed by atoms with E-state index in [1.807, 2.05) is 0 Å². The molecule has 0 saturated carbocycles. The molecule has 1 aliphatic rings. The van der Waals surface area contributed by atoms with Gasteiger partial charge in [-0.25, -0.2) is 4.99 Å². The molecule has 0 atom stereocenters. The molecule has 84 valence electrons. The molecule has 0 amide bonds. The first-order valence-electron chi connectivity index (χ1n) is 5.72. The third kappa shape index (κ3) is 3.24. The van der Waals surface area contributed by atoms with E-state index in [0.29, 0.717) is 6.04 Å². The third-order valence-corrected chi connectivity index (χ3v) is 3.15. The number of aliphatic imine (C=N–C) groups is 1. The minimum atomic E-state index is 0.407. The molecule has 0 aromatic heterocycles. The lowest BCUT2D eigenvalue weighted by molar-refractivity contribution is 0.206. The van der Waals surface area contributed by atoms with Gasteiger partial charge in [0.15, 0.2) is 0 Å². The Bertz CT molecular complexity index is 363. The van der Waals surface area contributed by atoms with E-state index < -0.39 is 0 Å². The number of isothiocyanates is 1. The maximum absolute atomic E-state index is 4.64. The van der Waals surface area contributed by atoms with Gasteiger partial charge < -0.3 is 0 Å². The molecule has 0 aliphatic carbocycles. The second-order valence-corrected chi connectivity index (χ2v) is 4.40. The number of benzene rings is 1. The Labute approximate surface area is 102 Å². The van der Waals surface area contributed by atoms with Gasteiger partial charge in [-0.1, -0.05) is 30.3 Å². The van der Waals surface area contributed by atoms with Crippen LogP contribution in [0.15, 0.2) is 35.3 Å². The van der Waals surface area contributed by atoms with Gasteiger partial charge in [-0.3, -0.25) is 4.90 Å². The molecule has 0 unspecified atom stereocenters. The topological polar surface area (TPSA) is 15.6 Å². The number of hydrogen-bond acceptors (Lipinski definition) is 3. The SMILES string of the molecule is S=C=NC1CCN(Cc2ccccc2)CC1. The van der Waals surface area contributed by atoms with Crippen molar-refractivity contribution in [3.63, 3.8) is 0 Å². The molecule has 2 nitrogen and oxygen atoms in total. The summed E-state index contributed by atoms with van der Waals surface area (Å²) in [5, 5.41) is 2.49. The smallest absolute Gasteiger partial charge is 0.0627 e. The molecule has 1 aromatic carbocycles. The molecule has 1 aliphatic heterocycles. The molecular formula is C13H16N2S. The quantitative estimate of drug-likeness (QED) is 0.588. The monoisotopic (exact) mass is 232 g/mol. The van der Waals surface area contributed by atoms with Crippen molar-refractivity contribution in [1.29, 1.82) is 0 Å². The van der Waals surface area contributed by atoms with Gasteiger partial charge in [0.1, 0.15) is 0 Å². The number of piperidine rings is 1. The van der Waals surface area contributed by atoms with Gasteiger partial charge in [0.25, 0.3) is 0 Å². The van der Waals surface area contributed by atoms with Gasteiger partial charge >= 0.3 is 0 Å². The van der Waals surface area contributed by atoms with Crippen LogP contribution in [0.3, 0.4) is 0 Å². The van der Waals surface area contributed by atoms with Gasteiger partial charge in [0.2, 0.25) is 0 Å². The van der Waals surface area contributed by atoms with Crippen LogP contribution in [0.1, 0.15) is 18.4 Å². The van der Waals surface area contributed by atoms with Crippen LogP contribution in [0.25, 0.3) is 0 Å². The van der Waals surface area contributed by atoms with Crippen LogP contribution in [0, 0.1) is 0 Å². The minimum Gasteiger partial charge on any atom is -0.299 e. The fraction of sp³-hybridized carbons (Fsp3) is 0.462. The fourth-order valence-electron chi connectivity index (χ4n) is 2.12. The predicted molar refractivity (Wildman–Crippen MR) is 69.8 cm³/mol. The van der Waals surface area contributed by atoms with Crippen molar-refractivity contribution < 1.29 is 0 Å². The number of rotatable bonds is 3. The van der Waals surface area contributed by atoms with E-state index in [1.165, 1.54) is 5.56 Å². The van der Waals surface area contributed by atoms with E-state index in [2.05, 4.69) is 57.6 Å². The Morgan fingerprint density at radius 2 is 1.94 bits per heavy atom. The summed E-state index contributed by atoms with van der Waals surface area (Å²) in [5.41, 5.74) is 1.39. The van der Waals surface area contributed by atoms with Crippen molar-refractivity contribution in [3.8, 4) is 0 Å². The van der Waals surface area contributed by atoms with Crippen LogP contribution in [-0.4, -0.2) is 29.2 Å². The van der Waals surface area contributed by atoms with Crippen LogP contribution in [0.5, 0.6) is 0 Å². The summed E-state index contributed by atoms with van der Waals surface area (Å²) in [6.45, 7) is 3.27. The molecule has 1 aromatic rings. The van der Waals surface area contributed by atoms with E-state index in [-0.39, 0.29) is 0 Å². The molecule has 16 heavy (non-hydrogen) atoms. The summed E-state index contributed by atoms with van der Waals surface area (Å²) in [4.78, 5) is 6.64. The Morgan fingerprint density at radius 3 is 2.56 bits per heavy atom. The van der Waals surface area contributed by atoms with E-state index in [9.17, 15) is 0 Å². The van der Waals surface area contributed by atoms with Crippen molar-refractivity contribution in [2.24, 2.45) is 4.99 Å². The number of nitrogens with zero attached hydrogens (tertiary/aromatic N) is 2. The average molecular weight is 232 g/mol. The van der Waals surface area contributed by atoms with Crippen molar-refractivity contribution in [2.75, 3.05) is 13.1 Å². The normalized spacial score (nSPS) is 18.0. The molecule has 1 saturated heterocycles. The number of hydrogen-bond donors (Lipinski definition) is 0. The standard InChI is InChI=1S/C13H16N2S/c16-11-14-13-6-8-15(9-7-13)10-12-4-2-1-3-5-12/h1-5,13H,6-10H2. The lowest BCUT2D eigenvalue weighted by atomic mass is 10.1. The highest BCUT2D eigenvalue weighted by molar-refractivity contribution is 7.78. The van der Waals surface area contributed by atoms with Crippen LogP contribution in [-0.2, 0) is 6.54 Å². The van der Waals surface area contributed by atoms with Gasteiger partial charge in [-0.15, -0.1) is 0 Å². The second-order valence-electron chi connectivity index (χ2n) is 4.21. The van der Waals surface area contributed by atoms with Crippen molar-refractivity contribution in [3.05, 3.63) is 35.9 Å². The van der Waals surface area contributed by atoms with Gasteiger partial charge in [-0.05, 0) is 30.6 Å². The van der Waals surface area contributed by atoms with Crippen molar-refractivity contribution in [1.82, 2.24) is 4.90 Å². The van der Waals surface area contributed by atoms with Gasteiger partial charge in [-0.2, -0.15) is 0 Å². The van der Waals surface area contributed by atoms with Gasteiger partial charge in [0.05, 0.1) is 11.2 Å². The molecule has 1 fully saturated rings. The van der Waals surface area contributed by atoms with Crippen molar-refractivity contribution >= 4 is 17.4 Å². The largest absolute Gasteiger partial charge is 0.299 e. The average Bonchev–Trinajstić information content (AvgIpc) is 2.33. The maximum Gasteiger partial charge on any atom is 0.0627 e. The van der Waals surface area contributed by atoms with Gasteiger partial charge in [0, 0.05) is 19.6 Å². The Balaban J connectivity index is 1.84. The lowest BCUT2D eigenvalue weighted by Gasteiger charge is -2.29. The second kappa shape index (κ2) is 5.90. The van der Waals surface area contributed by atoms with Crippen LogP contribution < -0.4 is 0 Å². The highest BCUT2D eigenvalue weighted by Crippen LogP contribution is 2.15. The minimum absolute atomic E-state index is 0.407. The Morgan fingerprint density at radius 1 is 1.25 bits per heavy atom. The molecule has 3 heteroatoms. The zero-order valence-corrected chi connectivity index (χ0v) is 10.1. The van der Waals surface area contributed by atoms with Crippen LogP contribution in [0.4, 0.5) is 0 Å². The zero-order valence-electron chi connectivity index (χ0n) is 9.30. The lowest BCUT2D eigenvalue weighted by Crippen LogP contribution is -2.34. The van der Waals surface area contributed by atoms with E-state index >= 15 is 0 Å². The summed E-state index contributed by atoms with van der Waals surface area (Å²) < 4.78 is 0. The summed E-state index contributed by atoms with van der Waals surface area (Å²) >= 11 is 4.64. The molecule has 2 rings (SSSR count). The molecule has 0 spiro atoms.